The van der Waals surface area contributed by atoms with Crippen LogP contribution < -0.4 is 5.32 Å². The SMILES string of the molecule is [C-]#[N+]c1c(-c2ccnc(NC(C)=O)c2)sc(-c2ncn[nH]2)c1S(=O)c1ccc(Cl)cc1. The Morgan fingerprint density at radius 2 is 2.00 bits per heavy atom. The first-order valence-corrected chi connectivity index (χ1v) is 11.1. The fourth-order valence-electron chi connectivity index (χ4n) is 2.84. The number of aromatic amines is 1. The molecule has 0 spiro atoms. The summed E-state index contributed by atoms with van der Waals surface area (Å²) in [4.78, 5) is 25.4. The third kappa shape index (κ3) is 4.25. The van der Waals surface area contributed by atoms with Gasteiger partial charge in [-0.25, -0.2) is 14.8 Å². The number of carbonyl (C=O) groups is 1. The first-order chi connectivity index (χ1) is 15.0. The number of nitrogens with zero attached hydrogens (tertiary/aromatic N) is 4. The zero-order chi connectivity index (χ0) is 22.0. The fraction of sp³-hybridized carbons (Fsp3) is 0.0500. The smallest absolute Gasteiger partial charge is 0.222 e. The number of rotatable bonds is 5. The van der Waals surface area contributed by atoms with E-state index in [1.807, 2.05) is 0 Å². The number of anilines is 1. The van der Waals surface area contributed by atoms with E-state index in [0.717, 1.165) is 0 Å². The van der Waals surface area contributed by atoms with Crippen molar-refractivity contribution in [3.05, 3.63) is 65.4 Å². The van der Waals surface area contributed by atoms with Gasteiger partial charge in [0.25, 0.3) is 0 Å². The van der Waals surface area contributed by atoms with Crippen molar-refractivity contribution in [1.82, 2.24) is 20.2 Å². The van der Waals surface area contributed by atoms with Crippen LogP contribution in [-0.4, -0.2) is 30.3 Å². The number of H-pyrrole nitrogens is 1. The summed E-state index contributed by atoms with van der Waals surface area (Å²) in [5.41, 5.74) is 0.902. The Bertz CT molecular complexity index is 1330. The van der Waals surface area contributed by atoms with Crippen LogP contribution in [0.4, 0.5) is 11.5 Å². The van der Waals surface area contributed by atoms with Crippen molar-refractivity contribution in [3.8, 4) is 21.1 Å². The van der Waals surface area contributed by atoms with E-state index in [2.05, 4.69) is 30.3 Å². The molecule has 1 atom stereocenters. The summed E-state index contributed by atoms with van der Waals surface area (Å²) >= 11 is 7.23. The second-order valence-corrected chi connectivity index (χ2v) is 9.09. The van der Waals surface area contributed by atoms with Crippen LogP contribution in [0.5, 0.6) is 0 Å². The Morgan fingerprint density at radius 3 is 2.65 bits per heavy atom. The highest BCUT2D eigenvalue weighted by Crippen LogP contribution is 2.49. The molecular formula is C20H13ClN6O2S2. The average molecular weight is 469 g/mol. The predicted octanol–water partition coefficient (Wildman–Crippen LogP) is 4.92. The number of nitrogens with one attached hydrogen (secondary N) is 2. The highest BCUT2D eigenvalue weighted by molar-refractivity contribution is 7.85. The standard InChI is InChI=1S/C20H13ClN6O2S2/c1-11(28)26-15-9-12(7-8-23-15)17-16(22-2)19(18(30-17)20-24-10-25-27-20)31(29)14-5-3-13(21)4-6-14/h3-10H,1H3,(H,23,26,28)(H,24,25,27). The maximum absolute atomic E-state index is 13.5. The Labute approximate surface area is 188 Å². The Kier molecular flexibility index (Phi) is 5.90. The molecule has 0 saturated heterocycles. The molecule has 0 fully saturated rings. The van der Waals surface area contributed by atoms with Gasteiger partial charge in [-0.15, -0.1) is 11.3 Å². The minimum absolute atomic E-state index is 0.240. The van der Waals surface area contributed by atoms with Crippen LogP contribution in [0.15, 0.2) is 58.7 Å². The van der Waals surface area contributed by atoms with E-state index < -0.39 is 10.8 Å². The molecular weight excluding hydrogens is 456 g/mol. The largest absolute Gasteiger partial charge is 0.311 e. The average Bonchev–Trinajstić information content (AvgIpc) is 3.41. The number of amides is 1. The molecule has 3 aromatic heterocycles. The van der Waals surface area contributed by atoms with Crippen LogP contribution in [0.1, 0.15) is 6.92 Å². The van der Waals surface area contributed by atoms with Gasteiger partial charge in [0.2, 0.25) is 11.6 Å². The van der Waals surface area contributed by atoms with Gasteiger partial charge in [-0.05, 0) is 42.0 Å². The van der Waals surface area contributed by atoms with Crippen LogP contribution >= 0.6 is 22.9 Å². The molecule has 1 unspecified atom stereocenters. The summed E-state index contributed by atoms with van der Waals surface area (Å²) in [5.74, 6) is 0.513. The molecule has 0 aliphatic carbocycles. The molecule has 31 heavy (non-hydrogen) atoms. The second kappa shape index (κ2) is 8.77. The van der Waals surface area contributed by atoms with E-state index in [4.69, 9.17) is 18.2 Å². The van der Waals surface area contributed by atoms with Crippen LogP contribution in [0.2, 0.25) is 5.02 Å². The van der Waals surface area contributed by atoms with Crippen molar-refractivity contribution in [2.45, 2.75) is 16.7 Å². The second-order valence-electron chi connectivity index (χ2n) is 6.22. The quantitative estimate of drug-likeness (QED) is 0.404. The normalized spacial score (nSPS) is 11.6. The number of aromatic nitrogens is 4. The number of benzene rings is 1. The number of thiophene rings is 1. The molecule has 2 N–H and O–H groups in total. The lowest BCUT2D eigenvalue weighted by Crippen LogP contribution is -2.07. The lowest BCUT2D eigenvalue weighted by molar-refractivity contribution is -0.114. The first kappa shape index (κ1) is 20.9. The van der Waals surface area contributed by atoms with Crippen molar-refractivity contribution in [2.24, 2.45) is 0 Å². The maximum atomic E-state index is 13.5. The Morgan fingerprint density at radius 1 is 1.23 bits per heavy atom. The summed E-state index contributed by atoms with van der Waals surface area (Å²) in [6, 6.07) is 10.0. The van der Waals surface area contributed by atoms with Gasteiger partial charge in [-0.1, -0.05) is 11.6 Å². The molecule has 4 aromatic rings. The summed E-state index contributed by atoms with van der Waals surface area (Å²) in [6.45, 7) is 9.20. The van der Waals surface area contributed by atoms with Gasteiger partial charge < -0.3 is 5.32 Å². The van der Waals surface area contributed by atoms with Crippen LogP contribution in [0, 0.1) is 6.57 Å². The molecule has 1 aromatic carbocycles. The zero-order valence-electron chi connectivity index (χ0n) is 15.9. The van der Waals surface area contributed by atoms with Crippen LogP contribution in [0.25, 0.3) is 26.0 Å². The number of hydrogen-bond acceptors (Lipinski definition) is 6. The van der Waals surface area contributed by atoms with Crippen molar-refractivity contribution >= 4 is 51.1 Å². The molecule has 0 radical (unpaired) electrons. The third-order valence-corrected chi connectivity index (χ3v) is 7.21. The number of carbonyl (C=O) groups excluding carboxylic acids is 1. The monoisotopic (exact) mass is 468 g/mol. The molecule has 3 heterocycles. The van der Waals surface area contributed by atoms with Crippen molar-refractivity contribution in [1.29, 1.82) is 0 Å². The van der Waals surface area contributed by atoms with Gasteiger partial charge in [0, 0.05) is 27.9 Å². The van der Waals surface area contributed by atoms with E-state index in [9.17, 15) is 9.00 Å². The molecule has 154 valence electrons. The Hall–Kier alpha value is -3.39. The Balaban J connectivity index is 1.92. The molecule has 11 heteroatoms. The number of halogens is 1. The van der Waals surface area contributed by atoms with Crippen molar-refractivity contribution in [3.63, 3.8) is 0 Å². The summed E-state index contributed by atoms with van der Waals surface area (Å²) in [5, 5.41) is 9.83. The highest BCUT2D eigenvalue weighted by Gasteiger charge is 2.27. The third-order valence-electron chi connectivity index (χ3n) is 4.12. The van der Waals surface area contributed by atoms with Gasteiger partial charge in [-0.3, -0.25) is 14.1 Å². The highest BCUT2D eigenvalue weighted by atomic mass is 35.5. The fourth-order valence-corrected chi connectivity index (χ4v) is 5.67. The minimum atomic E-state index is -1.67. The zero-order valence-corrected chi connectivity index (χ0v) is 18.3. The van der Waals surface area contributed by atoms with Gasteiger partial charge >= 0.3 is 0 Å². The lowest BCUT2D eigenvalue weighted by Gasteiger charge is -2.05. The number of hydrogen-bond donors (Lipinski definition) is 2. The molecule has 0 bridgehead atoms. The van der Waals surface area contributed by atoms with E-state index in [1.165, 1.54) is 30.8 Å². The van der Waals surface area contributed by atoms with Crippen LogP contribution in [0.3, 0.4) is 0 Å². The predicted molar refractivity (Wildman–Crippen MR) is 120 cm³/mol. The lowest BCUT2D eigenvalue weighted by atomic mass is 10.2. The minimum Gasteiger partial charge on any atom is -0.311 e. The van der Waals surface area contributed by atoms with Crippen molar-refractivity contribution < 1.29 is 9.00 Å². The number of pyridine rings is 1. The van der Waals surface area contributed by atoms with E-state index in [0.29, 0.717) is 41.8 Å². The van der Waals surface area contributed by atoms with E-state index in [1.54, 1.807) is 36.4 Å². The van der Waals surface area contributed by atoms with Crippen molar-refractivity contribution in [2.75, 3.05) is 5.32 Å². The first-order valence-electron chi connectivity index (χ1n) is 8.79. The van der Waals surface area contributed by atoms with Gasteiger partial charge in [-0.2, -0.15) is 5.10 Å². The van der Waals surface area contributed by atoms with Gasteiger partial charge in [0.15, 0.2) is 5.82 Å². The summed E-state index contributed by atoms with van der Waals surface area (Å²) < 4.78 is 13.5. The summed E-state index contributed by atoms with van der Waals surface area (Å²) in [7, 11) is -1.67. The van der Waals surface area contributed by atoms with E-state index in [-0.39, 0.29) is 11.6 Å². The summed E-state index contributed by atoms with van der Waals surface area (Å²) in [6.07, 6.45) is 2.89. The molecule has 0 aliphatic heterocycles. The van der Waals surface area contributed by atoms with Gasteiger partial charge in [0.1, 0.15) is 12.1 Å². The van der Waals surface area contributed by atoms with Gasteiger partial charge in [0.05, 0.1) is 27.1 Å². The molecule has 0 aliphatic rings. The molecule has 0 saturated carbocycles. The van der Waals surface area contributed by atoms with E-state index >= 15 is 0 Å². The topological polar surface area (TPSA) is 105 Å². The molecule has 8 nitrogen and oxygen atoms in total. The molecule has 4 rings (SSSR count). The maximum Gasteiger partial charge on any atom is 0.222 e. The molecule has 1 amide bonds. The van der Waals surface area contributed by atoms with Crippen LogP contribution in [-0.2, 0) is 15.6 Å².